The van der Waals surface area contributed by atoms with Gasteiger partial charge in [0.1, 0.15) is 5.82 Å². The Balaban J connectivity index is 2.85. The van der Waals surface area contributed by atoms with Crippen LogP contribution in [0.2, 0.25) is 0 Å². The summed E-state index contributed by atoms with van der Waals surface area (Å²) < 4.78 is 28.8. The number of sulfonamides is 1. The summed E-state index contributed by atoms with van der Waals surface area (Å²) in [5, 5.41) is 0.00427. The van der Waals surface area contributed by atoms with Gasteiger partial charge in [-0.15, -0.1) is 11.6 Å². The maximum Gasteiger partial charge on any atom is 0.259 e. The average Bonchev–Trinajstić information content (AvgIpc) is 2.59. The summed E-state index contributed by atoms with van der Waals surface area (Å²) in [7, 11) is -3.57. The van der Waals surface area contributed by atoms with E-state index in [1.165, 1.54) is 0 Å². The molecular formula is C12H22ClN3O2S. The molecule has 0 saturated carbocycles. The first-order valence-electron chi connectivity index (χ1n) is 6.46. The number of hydrogen-bond donors (Lipinski definition) is 1. The van der Waals surface area contributed by atoms with Gasteiger partial charge in [0.15, 0.2) is 5.03 Å². The number of aromatic nitrogens is 2. The lowest BCUT2D eigenvalue weighted by atomic mass is 10.2. The first-order chi connectivity index (χ1) is 8.76. The Hall–Kier alpha value is -0.590. The van der Waals surface area contributed by atoms with Crippen molar-refractivity contribution in [3.8, 4) is 0 Å². The Morgan fingerprint density at radius 3 is 2.63 bits per heavy atom. The van der Waals surface area contributed by atoms with Gasteiger partial charge in [0.25, 0.3) is 10.0 Å². The minimum absolute atomic E-state index is 0.0721. The van der Waals surface area contributed by atoms with Crippen LogP contribution < -0.4 is 4.72 Å². The van der Waals surface area contributed by atoms with Crippen molar-refractivity contribution in [2.75, 3.05) is 0 Å². The van der Waals surface area contributed by atoms with Gasteiger partial charge in [0.05, 0.1) is 0 Å². The van der Waals surface area contributed by atoms with E-state index in [1.54, 1.807) is 20.0 Å². The second-order valence-corrected chi connectivity index (χ2v) is 7.26. The maximum absolute atomic E-state index is 12.2. The molecule has 0 radical (unpaired) electrons. The van der Waals surface area contributed by atoms with Gasteiger partial charge < -0.3 is 4.57 Å². The van der Waals surface area contributed by atoms with Gasteiger partial charge >= 0.3 is 0 Å². The molecule has 2 atom stereocenters. The van der Waals surface area contributed by atoms with Crippen molar-refractivity contribution in [3.05, 3.63) is 12.0 Å². The highest BCUT2D eigenvalue weighted by Gasteiger charge is 2.22. The van der Waals surface area contributed by atoms with Crippen molar-refractivity contribution >= 4 is 21.6 Å². The summed E-state index contributed by atoms with van der Waals surface area (Å²) in [4.78, 5) is 4.11. The van der Waals surface area contributed by atoms with E-state index in [0.717, 1.165) is 13.0 Å². The highest BCUT2D eigenvalue weighted by atomic mass is 35.5. The van der Waals surface area contributed by atoms with Crippen LogP contribution in [0.4, 0.5) is 0 Å². The fourth-order valence-corrected chi connectivity index (χ4v) is 3.47. The molecule has 1 aromatic rings. The number of nitrogens with one attached hydrogen (secondary N) is 1. The second kappa shape index (κ2) is 6.72. The van der Waals surface area contributed by atoms with Crippen molar-refractivity contribution < 1.29 is 8.42 Å². The summed E-state index contributed by atoms with van der Waals surface area (Å²) in [5.74, 6) is 0.709. The molecule has 2 unspecified atom stereocenters. The number of halogens is 1. The minimum atomic E-state index is -3.57. The number of rotatable bonds is 7. The molecule has 1 rings (SSSR count). The van der Waals surface area contributed by atoms with Crippen LogP contribution in [-0.2, 0) is 16.6 Å². The molecule has 0 aliphatic carbocycles. The molecule has 7 heteroatoms. The summed E-state index contributed by atoms with van der Waals surface area (Å²) >= 11 is 5.86. The summed E-state index contributed by atoms with van der Waals surface area (Å²) in [6.07, 6.45) is 3.09. The van der Waals surface area contributed by atoms with E-state index in [4.69, 9.17) is 11.6 Å². The smallest absolute Gasteiger partial charge is 0.259 e. The minimum Gasteiger partial charge on any atom is -0.334 e. The molecule has 0 aliphatic rings. The van der Waals surface area contributed by atoms with Crippen molar-refractivity contribution in [2.24, 2.45) is 0 Å². The van der Waals surface area contributed by atoms with Crippen LogP contribution in [0.25, 0.3) is 0 Å². The van der Waals surface area contributed by atoms with Crippen LogP contribution in [0.3, 0.4) is 0 Å². The Morgan fingerprint density at radius 1 is 1.47 bits per heavy atom. The normalized spacial score (nSPS) is 15.4. The molecule has 19 heavy (non-hydrogen) atoms. The molecule has 5 nitrogen and oxygen atoms in total. The molecule has 0 aliphatic heterocycles. The lowest BCUT2D eigenvalue weighted by Gasteiger charge is -2.13. The number of nitrogens with zero attached hydrogens (tertiary/aromatic N) is 2. The molecule has 1 aromatic heterocycles. The summed E-state index contributed by atoms with van der Waals surface area (Å²) in [5.41, 5.74) is 0. The van der Waals surface area contributed by atoms with Gasteiger partial charge in [-0.05, 0) is 33.6 Å². The standard InChI is InChI=1S/C12H22ClN3O2S/c1-5-6-16-8-12(14-11(16)4)19(17,18)15-10(3)7-9(2)13/h8-10,15H,5-7H2,1-4H3. The van der Waals surface area contributed by atoms with Gasteiger partial charge in [-0.2, -0.15) is 0 Å². The van der Waals surface area contributed by atoms with E-state index in [2.05, 4.69) is 9.71 Å². The maximum atomic E-state index is 12.2. The fraction of sp³-hybridized carbons (Fsp3) is 0.750. The molecule has 0 bridgehead atoms. The van der Waals surface area contributed by atoms with Gasteiger partial charge in [0.2, 0.25) is 0 Å². The third-order valence-corrected chi connectivity index (χ3v) is 4.37. The fourth-order valence-electron chi connectivity index (χ4n) is 1.94. The van der Waals surface area contributed by atoms with Crippen molar-refractivity contribution in [2.45, 2.75) is 63.5 Å². The zero-order valence-electron chi connectivity index (χ0n) is 11.9. The van der Waals surface area contributed by atoms with Crippen LogP contribution >= 0.6 is 11.6 Å². The van der Waals surface area contributed by atoms with Crippen LogP contribution in [0.5, 0.6) is 0 Å². The highest BCUT2D eigenvalue weighted by molar-refractivity contribution is 7.89. The number of aryl methyl sites for hydroxylation is 2. The predicted molar refractivity (Wildman–Crippen MR) is 77.0 cm³/mol. The lowest BCUT2D eigenvalue weighted by molar-refractivity contribution is 0.542. The topological polar surface area (TPSA) is 64.0 Å². The van der Waals surface area contributed by atoms with Crippen molar-refractivity contribution in [1.82, 2.24) is 14.3 Å². The molecule has 0 saturated heterocycles. The first kappa shape index (κ1) is 16.5. The summed E-state index contributed by atoms with van der Waals surface area (Å²) in [6, 6.07) is -0.214. The molecule has 0 fully saturated rings. The van der Waals surface area contributed by atoms with Crippen LogP contribution in [0.15, 0.2) is 11.2 Å². The zero-order valence-corrected chi connectivity index (χ0v) is 13.4. The molecule has 0 amide bonds. The third-order valence-electron chi connectivity index (χ3n) is 2.73. The Kier molecular flexibility index (Phi) is 5.82. The van der Waals surface area contributed by atoms with E-state index in [9.17, 15) is 8.42 Å². The van der Waals surface area contributed by atoms with E-state index in [0.29, 0.717) is 12.2 Å². The zero-order chi connectivity index (χ0) is 14.6. The van der Waals surface area contributed by atoms with Crippen LogP contribution in [0, 0.1) is 6.92 Å². The number of hydrogen-bond acceptors (Lipinski definition) is 3. The van der Waals surface area contributed by atoms with Crippen LogP contribution in [-0.4, -0.2) is 29.4 Å². The van der Waals surface area contributed by atoms with E-state index in [1.807, 2.05) is 18.4 Å². The molecule has 110 valence electrons. The van der Waals surface area contributed by atoms with Gasteiger partial charge in [0, 0.05) is 24.2 Å². The Bertz CT molecular complexity index is 511. The SMILES string of the molecule is CCCn1cc(S(=O)(=O)NC(C)CC(C)Cl)nc1C. The lowest BCUT2D eigenvalue weighted by Crippen LogP contribution is -2.34. The van der Waals surface area contributed by atoms with E-state index >= 15 is 0 Å². The summed E-state index contributed by atoms with van der Waals surface area (Å²) in [6.45, 7) is 8.25. The van der Waals surface area contributed by atoms with Crippen LogP contribution in [0.1, 0.15) is 39.4 Å². The van der Waals surface area contributed by atoms with E-state index < -0.39 is 10.0 Å². The quantitative estimate of drug-likeness (QED) is 0.786. The van der Waals surface area contributed by atoms with Crippen molar-refractivity contribution in [1.29, 1.82) is 0 Å². The van der Waals surface area contributed by atoms with Crippen molar-refractivity contribution in [3.63, 3.8) is 0 Å². The van der Waals surface area contributed by atoms with Gasteiger partial charge in [-0.1, -0.05) is 6.92 Å². The number of imidazole rings is 1. The van der Waals surface area contributed by atoms with Gasteiger partial charge in [-0.3, -0.25) is 0 Å². The van der Waals surface area contributed by atoms with Gasteiger partial charge in [-0.25, -0.2) is 18.1 Å². The predicted octanol–water partition coefficient (Wildman–Crippen LogP) is 2.29. The second-order valence-electron chi connectivity index (χ2n) is 4.86. The molecule has 1 heterocycles. The molecule has 0 aromatic carbocycles. The molecule has 0 spiro atoms. The molecular weight excluding hydrogens is 286 g/mol. The Morgan fingerprint density at radius 2 is 2.11 bits per heavy atom. The number of alkyl halides is 1. The first-order valence-corrected chi connectivity index (χ1v) is 8.38. The molecule has 1 N–H and O–H groups in total. The average molecular weight is 308 g/mol. The monoisotopic (exact) mass is 307 g/mol. The Labute approximate surface area is 120 Å². The third kappa shape index (κ3) is 4.78. The highest BCUT2D eigenvalue weighted by Crippen LogP contribution is 2.12. The van der Waals surface area contributed by atoms with E-state index in [-0.39, 0.29) is 16.4 Å². The largest absolute Gasteiger partial charge is 0.334 e.